The molecule has 1 aliphatic carbocycles. The molecule has 1 aromatic rings. The minimum atomic E-state index is -0.250. The molecule has 10 heteroatoms. The average Bonchev–Trinajstić information content (AvgIpc) is 3.36. The first kappa shape index (κ1) is 22.2. The van der Waals surface area contributed by atoms with Crippen molar-refractivity contribution in [3.63, 3.8) is 0 Å². The van der Waals surface area contributed by atoms with Crippen LogP contribution in [0.25, 0.3) is 0 Å². The Hall–Kier alpha value is -2.46. The number of likely N-dealkylation sites (tertiary alicyclic amines) is 1. The molecular formula is C20H30N4O6. The fourth-order valence-electron chi connectivity index (χ4n) is 4.55. The second-order valence-corrected chi connectivity index (χ2v) is 8.09. The summed E-state index contributed by atoms with van der Waals surface area (Å²) < 4.78 is 11.0. The van der Waals surface area contributed by atoms with Gasteiger partial charge in [0, 0.05) is 31.6 Å². The van der Waals surface area contributed by atoms with Crippen molar-refractivity contribution >= 4 is 18.3 Å². The van der Waals surface area contributed by atoms with Gasteiger partial charge in [0.1, 0.15) is 0 Å². The number of rotatable bonds is 3. The fraction of sp³-hybridized carbons (Fsp3) is 0.700. The maximum absolute atomic E-state index is 13.0. The van der Waals surface area contributed by atoms with E-state index in [1.165, 1.54) is 6.39 Å². The van der Waals surface area contributed by atoms with Crippen LogP contribution in [-0.4, -0.2) is 89.7 Å². The van der Waals surface area contributed by atoms with E-state index in [4.69, 9.17) is 19.1 Å². The lowest BCUT2D eigenvalue weighted by Gasteiger charge is -2.33. The smallest absolute Gasteiger partial charge is 0.290 e. The van der Waals surface area contributed by atoms with Gasteiger partial charge in [-0.05, 0) is 39.7 Å². The highest BCUT2D eigenvalue weighted by atomic mass is 16.5. The predicted octanol–water partition coefficient (Wildman–Crippen LogP) is 0.514. The van der Waals surface area contributed by atoms with Crippen LogP contribution < -0.4 is 5.32 Å². The van der Waals surface area contributed by atoms with Crippen molar-refractivity contribution in [1.29, 1.82) is 0 Å². The lowest BCUT2D eigenvalue weighted by Crippen LogP contribution is -2.48. The highest BCUT2D eigenvalue weighted by Gasteiger charge is 2.42. The number of carbonyl (C=O) groups excluding carboxylic acids is 2. The van der Waals surface area contributed by atoms with E-state index >= 15 is 0 Å². The summed E-state index contributed by atoms with van der Waals surface area (Å²) in [6.07, 6.45) is 4.67. The van der Waals surface area contributed by atoms with E-state index < -0.39 is 0 Å². The summed E-state index contributed by atoms with van der Waals surface area (Å²) in [7, 11) is 2.11. The number of oxazole rings is 1. The van der Waals surface area contributed by atoms with Crippen molar-refractivity contribution in [2.45, 2.75) is 50.8 Å². The Bertz CT molecular complexity index is 745. The number of morpholine rings is 1. The van der Waals surface area contributed by atoms with Crippen molar-refractivity contribution in [2.75, 3.05) is 33.3 Å². The van der Waals surface area contributed by atoms with Crippen LogP contribution in [0.3, 0.4) is 0 Å². The molecule has 0 radical (unpaired) electrons. The Morgan fingerprint density at radius 1 is 1.27 bits per heavy atom. The van der Waals surface area contributed by atoms with Crippen molar-refractivity contribution in [3.8, 4) is 0 Å². The van der Waals surface area contributed by atoms with Crippen molar-refractivity contribution in [1.82, 2.24) is 20.1 Å². The number of carbonyl (C=O) groups is 3. The van der Waals surface area contributed by atoms with Crippen molar-refractivity contribution < 1.29 is 28.6 Å². The Labute approximate surface area is 175 Å². The van der Waals surface area contributed by atoms with Crippen LogP contribution in [-0.2, 0) is 14.3 Å². The minimum Gasteiger partial charge on any atom is -0.483 e. The molecular weight excluding hydrogens is 392 g/mol. The summed E-state index contributed by atoms with van der Waals surface area (Å²) in [6, 6.07) is 0.408. The second kappa shape index (κ2) is 10.0. The molecule has 0 aromatic carbocycles. The van der Waals surface area contributed by atoms with Gasteiger partial charge in [0.2, 0.25) is 11.7 Å². The first-order valence-electron chi connectivity index (χ1n) is 10.3. The summed E-state index contributed by atoms with van der Waals surface area (Å²) in [5.41, 5.74) is 0.596. The molecule has 3 heterocycles. The molecule has 0 unspecified atom stereocenters. The average molecular weight is 422 g/mol. The number of amides is 2. The van der Waals surface area contributed by atoms with Crippen LogP contribution in [0.4, 0.5) is 0 Å². The van der Waals surface area contributed by atoms with Gasteiger partial charge in [-0.15, -0.1) is 0 Å². The van der Waals surface area contributed by atoms with Gasteiger partial charge in [-0.2, -0.15) is 0 Å². The van der Waals surface area contributed by atoms with Gasteiger partial charge in [0.15, 0.2) is 6.39 Å². The third-order valence-electron chi connectivity index (χ3n) is 6.25. The predicted molar refractivity (Wildman–Crippen MR) is 106 cm³/mol. The summed E-state index contributed by atoms with van der Waals surface area (Å²) in [6.45, 7) is 4.65. The van der Waals surface area contributed by atoms with E-state index in [-0.39, 0.29) is 42.1 Å². The third-order valence-corrected chi connectivity index (χ3v) is 6.25. The first-order valence-corrected chi connectivity index (χ1v) is 10.3. The molecule has 3 fully saturated rings. The van der Waals surface area contributed by atoms with E-state index in [9.17, 15) is 9.59 Å². The largest absolute Gasteiger partial charge is 0.483 e. The van der Waals surface area contributed by atoms with E-state index in [0.717, 1.165) is 45.4 Å². The Morgan fingerprint density at radius 2 is 1.97 bits per heavy atom. The molecule has 2 saturated heterocycles. The lowest BCUT2D eigenvalue weighted by molar-refractivity contribution is -0.136. The van der Waals surface area contributed by atoms with Gasteiger partial charge in [0.25, 0.3) is 12.4 Å². The zero-order valence-corrected chi connectivity index (χ0v) is 17.5. The number of fused-ring (bicyclic) bond motifs is 1. The molecule has 0 bridgehead atoms. The first-order chi connectivity index (χ1) is 14.4. The molecule has 2 atom stereocenters. The molecule has 10 nitrogen and oxygen atoms in total. The maximum Gasteiger partial charge on any atom is 0.290 e. The number of aryl methyl sites for hydroxylation is 1. The van der Waals surface area contributed by atoms with Gasteiger partial charge in [-0.1, -0.05) is 0 Å². The summed E-state index contributed by atoms with van der Waals surface area (Å²) >= 11 is 0. The third kappa shape index (κ3) is 4.99. The molecule has 4 rings (SSSR count). The summed E-state index contributed by atoms with van der Waals surface area (Å²) in [4.78, 5) is 41.8. The number of nitrogens with zero attached hydrogens (tertiary/aromatic N) is 3. The van der Waals surface area contributed by atoms with E-state index in [1.807, 2.05) is 4.90 Å². The number of nitrogens with one attached hydrogen (secondary N) is 1. The van der Waals surface area contributed by atoms with Gasteiger partial charge in [-0.25, -0.2) is 4.98 Å². The van der Waals surface area contributed by atoms with Gasteiger partial charge in [0.05, 0.1) is 24.4 Å². The summed E-state index contributed by atoms with van der Waals surface area (Å²) in [5, 5.41) is 9.90. The van der Waals surface area contributed by atoms with Crippen LogP contribution in [0.5, 0.6) is 0 Å². The zero-order chi connectivity index (χ0) is 21.7. The van der Waals surface area contributed by atoms with Crippen LogP contribution in [0.2, 0.25) is 0 Å². The number of hydrogen-bond acceptors (Lipinski definition) is 7. The second-order valence-electron chi connectivity index (χ2n) is 8.09. The van der Waals surface area contributed by atoms with Crippen LogP contribution >= 0.6 is 0 Å². The van der Waals surface area contributed by atoms with E-state index in [2.05, 4.69) is 22.2 Å². The standard InChI is InChI=1S/C19H28N4O4.CH2O2/c1-12-17(27-11-20-12)18(24)21-14-5-3-13(4-6-14)19(25)23-9-15-16(10-23)26-8-7-22(15)2;2-1-3/h11,13-16H,3-10H2,1-2H3,(H,21,24);1H,(H,2,3)/t13?,14?,15-,16-;/m0./s1. The topological polar surface area (TPSA) is 125 Å². The SMILES string of the molecule is Cc1ncoc1C(=O)NC1CCC(C(=O)N2C[C@@H]3OCCN(C)[C@H]3C2)CC1.O=CO. The zero-order valence-electron chi connectivity index (χ0n) is 17.5. The molecule has 2 N–H and O–H groups in total. The van der Waals surface area contributed by atoms with E-state index in [0.29, 0.717) is 18.3 Å². The Kier molecular flexibility index (Phi) is 7.43. The number of aromatic nitrogens is 1. The molecule has 3 aliphatic rings. The van der Waals surface area contributed by atoms with Crippen LogP contribution in [0.15, 0.2) is 10.8 Å². The molecule has 2 aliphatic heterocycles. The highest BCUT2D eigenvalue weighted by Crippen LogP contribution is 2.29. The molecule has 166 valence electrons. The Morgan fingerprint density at radius 3 is 2.57 bits per heavy atom. The molecule has 30 heavy (non-hydrogen) atoms. The van der Waals surface area contributed by atoms with Crippen LogP contribution in [0, 0.1) is 12.8 Å². The molecule has 2 amide bonds. The highest BCUT2D eigenvalue weighted by molar-refractivity contribution is 5.92. The van der Waals surface area contributed by atoms with Crippen LogP contribution in [0.1, 0.15) is 41.9 Å². The maximum atomic E-state index is 13.0. The normalized spacial score (nSPS) is 28.8. The fourth-order valence-corrected chi connectivity index (χ4v) is 4.55. The number of ether oxygens (including phenoxy) is 1. The minimum absolute atomic E-state index is 0.0515. The lowest BCUT2D eigenvalue weighted by atomic mass is 9.85. The molecule has 1 saturated carbocycles. The van der Waals surface area contributed by atoms with Crippen molar-refractivity contribution in [2.24, 2.45) is 5.92 Å². The Balaban J connectivity index is 0.000000806. The molecule has 1 aromatic heterocycles. The monoisotopic (exact) mass is 422 g/mol. The number of carboxylic acid groups (broad SMARTS) is 1. The van der Waals surface area contributed by atoms with Gasteiger partial charge in [-0.3, -0.25) is 19.3 Å². The van der Waals surface area contributed by atoms with Gasteiger partial charge < -0.3 is 24.5 Å². The number of likely N-dealkylation sites (N-methyl/N-ethyl adjacent to an activating group) is 1. The van der Waals surface area contributed by atoms with Gasteiger partial charge >= 0.3 is 0 Å². The number of hydrogen-bond donors (Lipinski definition) is 2. The summed E-state index contributed by atoms with van der Waals surface area (Å²) in [5.74, 6) is 0.355. The molecule has 0 spiro atoms. The van der Waals surface area contributed by atoms with Crippen molar-refractivity contribution in [3.05, 3.63) is 17.8 Å². The quantitative estimate of drug-likeness (QED) is 0.675. The van der Waals surface area contributed by atoms with E-state index in [1.54, 1.807) is 6.92 Å².